The summed E-state index contributed by atoms with van der Waals surface area (Å²) in [4.78, 5) is 13.9. The van der Waals surface area contributed by atoms with Gasteiger partial charge in [0.1, 0.15) is 12.2 Å². The number of aliphatic hydroxyl groups excluding tert-OH is 1. The van der Waals surface area contributed by atoms with Crippen LogP contribution in [-0.2, 0) is 11.3 Å². The second-order valence-corrected chi connectivity index (χ2v) is 5.08. The second kappa shape index (κ2) is 5.48. The summed E-state index contributed by atoms with van der Waals surface area (Å²) in [6, 6.07) is 0. The minimum Gasteiger partial charge on any atom is -0.387 e. The molecule has 0 saturated carbocycles. The zero-order chi connectivity index (χ0) is 13.1. The van der Waals surface area contributed by atoms with E-state index in [0.717, 1.165) is 25.9 Å². The van der Waals surface area contributed by atoms with Gasteiger partial charge in [0, 0.05) is 13.1 Å². The number of aliphatic hydroxyl groups is 1. The zero-order valence-corrected chi connectivity index (χ0v) is 10.9. The normalized spacial score (nSPS) is 18.9. The summed E-state index contributed by atoms with van der Waals surface area (Å²) < 4.78 is 1.49. The summed E-state index contributed by atoms with van der Waals surface area (Å²) >= 11 is 0. The molecule has 1 aromatic heterocycles. The fourth-order valence-electron chi connectivity index (χ4n) is 2.08. The van der Waals surface area contributed by atoms with E-state index in [4.69, 9.17) is 0 Å². The number of nitrogens with zero attached hydrogens (tertiary/aromatic N) is 4. The Labute approximate surface area is 107 Å². The van der Waals surface area contributed by atoms with E-state index in [1.54, 1.807) is 13.1 Å². The molecule has 0 aromatic carbocycles. The van der Waals surface area contributed by atoms with Gasteiger partial charge in [0.15, 0.2) is 0 Å². The van der Waals surface area contributed by atoms with Gasteiger partial charge in [-0.25, -0.2) is 4.68 Å². The van der Waals surface area contributed by atoms with Crippen LogP contribution in [0.2, 0.25) is 0 Å². The van der Waals surface area contributed by atoms with E-state index in [1.165, 1.54) is 4.68 Å². The zero-order valence-electron chi connectivity index (χ0n) is 10.9. The monoisotopic (exact) mass is 252 g/mol. The first-order valence-electron chi connectivity index (χ1n) is 6.42. The fraction of sp³-hybridized carbons (Fsp3) is 0.750. The van der Waals surface area contributed by atoms with Crippen molar-refractivity contribution >= 4 is 5.91 Å². The molecular weight excluding hydrogens is 232 g/mol. The van der Waals surface area contributed by atoms with Crippen molar-refractivity contribution in [3.8, 4) is 0 Å². The Hall–Kier alpha value is -1.43. The molecule has 1 amide bonds. The first kappa shape index (κ1) is 13.0. The van der Waals surface area contributed by atoms with Crippen LogP contribution < -0.4 is 0 Å². The van der Waals surface area contributed by atoms with Gasteiger partial charge < -0.3 is 10.0 Å². The predicted molar refractivity (Wildman–Crippen MR) is 65.6 cm³/mol. The van der Waals surface area contributed by atoms with Gasteiger partial charge in [0.05, 0.1) is 12.3 Å². The molecule has 1 fully saturated rings. The summed E-state index contributed by atoms with van der Waals surface area (Å²) in [7, 11) is 0. The van der Waals surface area contributed by atoms with Crippen molar-refractivity contribution in [1.29, 1.82) is 0 Å². The number of rotatable bonds is 3. The molecule has 0 aliphatic carbocycles. The van der Waals surface area contributed by atoms with Crippen LogP contribution in [0.3, 0.4) is 0 Å². The first-order valence-corrected chi connectivity index (χ1v) is 6.42. The van der Waals surface area contributed by atoms with Gasteiger partial charge in [0.25, 0.3) is 0 Å². The van der Waals surface area contributed by atoms with Crippen LogP contribution in [-0.4, -0.2) is 44.0 Å². The smallest absolute Gasteiger partial charge is 0.244 e. The summed E-state index contributed by atoms with van der Waals surface area (Å²) in [5.74, 6) is 0.784. The molecule has 1 aromatic rings. The average molecular weight is 252 g/mol. The minimum absolute atomic E-state index is 0.0731. The summed E-state index contributed by atoms with van der Waals surface area (Å²) in [6.45, 7) is 5.71. The van der Waals surface area contributed by atoms with Crippen LogP contribution in [0.5, 0.6) is 0 Å². The molecule has 1 N–H and O–H groups in total. The van der Waals surface area contributed by atoms with Crippen LogP contribution >= 0.6 is 0 Å². The summed E-state index contributed by atoms with van der Waals surface area (Å²) in [5.41, 5.74) is 0.495. The average Bonchev–Trinajstić information content (AvgIpc) is 2.78. The van der Waals surface area contributed by atoms with E-state index in [0.29, 0.717) is 11.6 Å². The van der Waals surface area contributed by atoms with E-state index < -0.39 is 6.10 Å². The van der Waals surface area contributed by atoms with Crippen molar-refractivity contribution in [3.63, 3.8) is 0 Å². The quantitative estimate of drug-likeness (QED) is 0.854. The Morgan fingerprint density at radius 3 is 2.78 bits per heavy atom. The second-order valence-electron chi connectivity index (χ2n) is 5.08. The van der Waals surface area contributed by atoms with E-state index >= 15 is 0 Å². The van der Waals surface area contributed by atoms with Crippen LogP contribution in [0.4, 0.5) is 0 Å². The molecule has 0 bridgehead atoms. The molecule has 2 rings (SSSR count). The first-order chi connectivity index (χ1) is 8.56. The number of hydrogen-bond donors (Lipinski definition) is 1. The highest BCUT2D eigenvalue weighted by molar-refractivity contribution is 5.75. The lowest BCUT2D eigenvalue weighted by atomic mass is 9.99. The van der Waals surface area contributed by atoms with Gasteiger partial charge in [-0.15, -0.1) is 5.10 Å². The maximum absolute atomic E-state index is 12.0. The number of aromatic nitrogens is 3. The van der Waals surface area contributed by atoms with Crippen molar-refractivity contribution in [2.75, 3.05) is 13.1 Å². The van der Waals surface area contributed by atoms with Crippen molar-refractivity contribution in [2.24, 2.45) is 5.92 Å². The molecule has 2 heterocycles. The third-order valence-electron chi connectivity index (χ3n) is 3.42. The SMILES string of the molecule is CC1CCN(C(=O)Cn2cc(C(C)O)nn2)CC1. The minimum atomic E-state index is -0.648. The van der Waals surface area contributed by atoms with Gasteiger partial charge in [-0.1, -0.05) is 12.1 Å². The Balaban J connectivity index is 1.90. The standard InChI is InChI=1S/C12H20N4O2/c1-9-3-5-15(6-4-9)12(18)8-16-7-11(10(2)17)13-14-16/h7,9-10,17H,3-6,8H2,1-2H3. The lowest BCUT2D eigenvalue weighted by Crippen LogP contribution is -2.39. The maximum Gasteiger partial charge on any atom is 0.244 e. The molecule has 1 aliphatic heterocycles. The maximum atomic E-state index is 12.0. The van der Waals surface area contributed by atoms with Crippen molar-refractivity contribution in [3.05, 3.63) is 11.9 Å². The van der Waals surface area contributed by atoms with Crippen LogP contribution in [0.25, 0.3) is 0 Å². The largest absolute Gasteiger partial charge is 0.387 e. The van der Waals surface area contributed by atoms with Gasteiger partial charge >= 0.3 is 0 Å². The van der Waals surface area contributed by atoms with Crippen molar-refractivity contribution < 1.29 is 9.90 Å². The lowest BCUT2D eigenvalue weighted by molar-refractivity contribution is -0.133. The predicted octanol–water partition coefficient (Wildman–Crippen LogP) is 0.590. The van der Waals surface area contributed by atoms with Crippen LogP contribution in [0.1, 0.15) is 38.5 Å². The summed E-state index contributed by atoms with van der Waals surface area (Å²) in [6.07, 6.45) is 3.11. The summed E-state index contributed by atoms with van der Waals surface area (Å²) in [5, 5.41) is 17.0. The van der Waals surface area contributed by atoms with Crippen LogP contribution in [0.15, 0.2) is 6.20 Å². The lowest BCUT2D eigenvalue weighted by Gasteiger charge is -2.30. The highest BCUT2D eigenvalue weighted by Crippen LogP contribution is 2.16. The van der Waals surface area contributed by atoms with Crippen LogP contribution in [0, 0.1) is 5.92 Å². The van der Waals surface area contributed by atoms with Crippen molar-refractivity contribution in [2.45, 2.75) is 39.3 Å². The molecule has 1 atom stereocenters. The molecule has 1 aliphatic rings. The fourth-order valence-corrected chi connectivity index (χ4v) is 2.08. The topological polar surface area (TPSA) is 71.2 Å². The number of carbonyl (C=O) groups excluding carboxylic acids is 1. The molecule has 100 valence electrons. The highest BCUT2D eigenvalue weighted by atomic mass is 16.3. The number of piperidine rings is 1. The molecular formula is C12H20N4O2. The van der Waals surface area contributed by atoms with Gasteiger partial charge in [0.2, 0.25) is 5.91 Å². The number of likely N-dealkylation sites (tertiary alicyclic amines) is 1. The number of hydrogen-bond acceptors (Lipinski definition) is 4. The Bertz CT molecular complexity index is 408. The molecule has 0 radical (unpaired) electrons. The molecule has 1 unspecified atom stereocenters. The molecule has 18 heavy (non-hydrogen) atoms. The highest BCUT2D eigenvalue weighted by Gasteiger charge is 2.20. The molecule has 1 saturated heterocycles. The molecule has 6 nitrogen and oxygen atoms in total. The Morgan fingerprint density at radius 2 is 2.22 bits per heavy atom. The van der Waals surface area contributed by atoms with E-state index in [1.807, 2.05) is 4.90 Å². The van der Waals surface area contributed by atoms with E-state index in [-0.39, 0.29) is 12.5 Å². The Kier molecular flexibility index (Phi) is 3.96. The molecule has 0 spiro atoms. The van der Waals surface area contributed by atoms with Crippen molar-refractivity contribution in [1.82, 2.24) is 19.9 Å². The van der Waals surface area contributed by atoms with E-state index in [9.17, 15) is 9.90 Å². The number of amides is 1. The molecule has 6 heteroatoms. The van der Waals surface area contributed by atoms with E-state index in [2.05, 4.69) is 17.2 Å². The number of carbonyl (C=O) groups is 1. The third-order valence-corrected chi connectivity index (χ3v) is 3.42. The van der Waals surface area contributed by atoms with Gasteiger partial charge in [-0.05, 0) is 25.7 Å². The van der Waals surface area contributed by atoms with Gasteiger partial charge in [-0.2, -0.15) is 0 Å². The Morgan fingerprint density at radius 1 is 1.56 bits per heavy atom. The van der Waals surface area contributed by atoms with Gasteiger partial charge in [-0.3, -0.25) is 4.79 Å². The third kappa shape index (κ3) is 3.07.